The van der Waals surface area contributed by atoms with Crippen molar-refractivity contribution in [3.05, 3.63) is 69.6 Å². The Hall–Kier alpha value is -4.53. The normalized spacial score (nSPS) is 15.7. The molecular weight excluding hydrogens is 730 g/mol. The Labute approximate surface area is 336 Å². The van der Waals surface area contributed by atoms with Crippen LogP contribution in [0.4, 0.5) is 4.79 Å². The molecule has 4 rings (SSSR count). The second kappa shape index (κ2) is 22.4. The highest BCUT2D eigenvalue weighted by Crippen LogP contribution is 2.25. The molecule has 1 aliphatic rings. The van der Waals surface area contributed by atoms with Gasteiger partial charge in [-0.25, -0.2) is 9.59 Å². The first-order valence-electron chi connectivity index (χ1n) is 20.4. The Morgan fingerprint density at radius 1 is 0.895 bits per heavy atom. The minimum Gasteiger partial charge on any atom is -0.444 e. The smallest absolute Gasteiger partial charge is 0.407 e. The lowest BCUT2D eigenvalue weighted by molar-refractivity contribution is -0.135. The third-order valence-electron chi connectivity index (χ3n) is 10.0. The number of rotatable bonds is 24. The van der Waals surface area contributed by atoms with Gasteiger partial charge in [0.1, 0.15) is 11.6 Å². The minimum atomic E-state index is -0.689. The lowest BCUT2D eigenvalue weighted by Crippen LogP contribution is -2.45. The zero-order chi connectivity index (χ0) is 41.4. The van der Waals surface area contributed by atoms with Gasteiger partial charge in [-0.1, -0.05) is 49.2 Å². The molecule has 1 saturated heterocycles. The van der Waals surface area contributed by atoms with Crippen LogP contribution in [-0.4, -0.2) is 77.1 Å². The van der Waals surface area contributed by atoms with Gasteiger partial charge in [0.25, 0.3) is 0 Å². The average Bonchev–Trinajstić information content (AvgIpc) is 3.41. The van der Waals surface area contributed by atoms with E-state index in [1.165, 1.54) is 10.1 Å². The van der Waals surface area contributed by atoms with E-state index in [2.05, 4.69) is 22.8 Å². The zero-order valence-corrected chi connectivity index (χ0v) is 34.4. The van der Waals surface area contributed by atoms with Crippen molar-refractivity contribution in [2.24, 2.45) is 12.8 Å². The van der Waals surface area contributed by atoms with Crippen LogP contribution >= 0.6 is 0 Å². The molecule has 1 aromatic heterocycles. The van der Waals surface area contributed by atoms with Gasteiger partial charge >= 0.3 is 11.8 Å². The fourth-order valence-corrected chi connectivity index (χ4v) is 6.99. The number of fused-ring (bicyclic) bond motifs is 1. The minimum absolute atomic E-state index is 0.131. The number of hydrogen-bond acceptors (Lipinski definition) is 9. The van der Waals surface area contributed by atoms with E-state index in [1.807, 2.05) is 37.3 Å². The predicted molar refractivity (Wildman–Crippen MR) is 218 cm³/mol. The van der Waals surface area contributed by atoms with E-state index in [0.29, 0.717) is 44.8 Å². The SMILES string of the molecule is C[C@@H](OCc1ccc(CCCOCCCCCCOCCCc2cccc3c2n(C)c(=O)n3C2CCC(=O)NC2=O)cc1)[C@H](CCC(N)=O)NC(=O)OC(C)(C)C. The van der Waals surface area contributed by atoms with Gasteiger partial charge in [0.15, 0.2) is 0 Å². The maximum absolute atomic E-state index is 13.1. The summed E-state index contributed by atoms with van der Waals surface area (Å²) >= 11 is 0. The number of para-hydroxylation sites is 1. The van der Waals surface area contributed by atoms with Crippen LogP contribution in [0.25, 0.3) is 11.0 Å². The van der Waals surface area contributed by atoms with Crippen LogP contribution in [0.3, 0.4) is 0 Å². The zero-order valence-electron chi connectivity index (χ0n) is 34.4. The van der Waals surface area contributed by atoms with Gasteiger partial charge in [0, 0.05) is 46.3 Å². The highest BCUT2D eigenvalue weighted by molar-refractivity contribution is 6.00. The van der Waals surface area contributed by atoms with Crippen molar-refractivity contribution in [2.75, 3.05) is 26.4 Å². The van der Waals surface area contributed by atoms with Crippen molar-refractivity contribution in [1.29, 1.82) is 0 Å². The van der Waals surface area contributed by atoms with Crippen LogP contribution < -0.4 is 22.1 Å². The van der Waals surface area contributed by atoms with Crippen LogP contribution in [-0.2, 0) is 59.8 Å². The maximum atomic E-state index is 13.1. The van der Waals surface area contributed by atoms with Gasteiger partial charge in [-0.2, -0.15) is 0 Å². The van der Waals surface area contributed by atoms with Crippen molar-refractivity contribution in [3.8, 4) is 0 Å². The monoisotopic (exact) mass is 793 g/mol. The number of nitrogens with one attached hydrogen (secondary N) is 2. The Morgan fingerprint density at radius 2 is 1.53 bits per heavy atom. The van der Waals surface area contributed by atoms with Gasteiger partial charge in [0.2, 0.25) is 17.7 Å². The lowest BCUT2D eigenvalue weighted by atomic mass is 10.0. The molecule has 0 saturated carbocycles. The van der Waals surface area contributed by atoms with Crippen LogP contribution in [0.2, 0.25) is 0 Å². The summed E-state index contributed by atoms with van der Waals surface area (Å²) in [6.07, 6.45) is 7.73. The number of unbranched alkanes of at least 4 members (excludes halogenated alkanes) is 3. The molecule has 0 bridgehead atoms. The fourth-order valence-electron chi connectivity index (χ4n) is 6.99. The molecule has 0 spiro atoms. The molecule has 1 unspecified atom stereocenters. The highest BCUT2D eigenvalue weighted by Gasteiger charge is 2.31. The molecule has 2 heterocycles. The van der Waals surface area contributed by atoms with Crippen LogP contribution in [0, 0.1) is 0 Å². The fraction of sp³-hybridized carbons (Fsp3) is 0.605. The summed E-state index contributed by atoms with van der Waals surface area (Å²) in [6, 6.07) is 13.0. The molecule has 314 valence electrons. The Balaban J connectivity index is 1.03. The Bertz CT molecular complexity index is 1830. The van der Waals surface area contributed by atoms with Gasteiger partial charge in [-0.05, 0) is 102 Å². The first-order valence-corrected chi connectivity index (χ1v) is 20.4. The molecule has 4 amide bonds. The second-order valence-corrected chi connectivity index (χ2v) is 15.9. The number of carbonyl (C=O) groups excluding carboxylic acids is 4. The number of ether oxygens (including phenoxy) is 4. The number of nitrogens with two attached hydrogens (primary N) is 1. The molecular formula is C43H63N5O9. The Morgan fingerprint density at radius 3 is 2.16 bits per heavy atom. The number of alkyl carbamates (subject to hydrolysis) is 1. The number of primary amides is 1. The summed E-state index contributed by atoms with van der Waals surface area (Å²) < 4.78 is 26.3. The van der Waals surface area contributed by atoms with E-state index in [9.17, 15) is 24.0 Å². The number of hydrogen-bond donors (Lipinski definition) is 3. The number of carbonyl (C=O) groups is 4. The molecule has 1 fully saturated rings. The summed E-state index contributed by atoms with van der Waals surface area (Å²) in [7, 11) is 1.73. The number of benzene rings is 2. The summed E-state index contributed by atoms with van der Waals surface area (Å²) in [6.45, 7) is 10.4. The molecule has 3 aromatic rings. The van der Waals surface area contributed by atoms with Gasteiger partial charge in [-0.3, -0.25) is 28.8 Å². The molecule has 1 aliphatic heterocycles. The molecule has 2 aromatic carbocycles. The molecule has 0 radical (unpaired) electrons. The number of piperidine rings is 1. The highest BCUT2D eigenvalue weighted by atomic mass is 16.6. The number of aryl methyl sites for hydroxylation is 3. The van der Waals surface area contributed by atoms with E-state index in [1.54, 1.807) is 32.4 Å². The second-order valence-electron chi connectivity index (χ2n) is 15.9. The quantitative estimate of drug-likeness (QED) is 0.0775. The van der Waals surface area contributed by atoms with E-state index in [4.69, 9.17) is 24.7 Å². The number of imidazole rings is 1. The lowest BCUT2D eigenvalue weighted by Gasteiger charge is -2.27. The number of nitrogens with zero attached hydrogens (tertiary/aromatic N) is 2. The van der Waals surface area contributed by atoms with Crippen molar-refractivity contribution < 1.29 is 38.1 Å². The number of imide groups is 1. The summed E-state index contributed by atoms with van der Waals surface area (Å²) in [4.78, 5) is 61.0. The standard InChI is InChI=1S/C43H63N5O9/c1-30(34(21-23-37(44)49)45-41(52)57-43(2,3)4)56-29-32-19-17-31(18-20-32)13-11-27-54-25-8-6-7-9-26-55-28-12-15-33-14-10-16-35-39(33)47(5)42(53)48(35)36-22-24-38(50)46-40(36)51/h10,14,16-20,30,34,36H,6-9,11-13,15,21-29H2,1-5H3,(H2,44,49)(H,45,52)(H,46,50,51)/t30-,34+,36?/m1/s1. The van der Waals surface area contributed by atoms with Crippen LogP contribution in [0.15, 0.2) is 47.3 Å². The molecule has 3 atom stereocenters. The average molecular weight is 794 g/mol. The third-order valence-corrected chi connectivity index (χ3v) is 10.0. The van der Waals surface area contributed by atoms with E-state index in [0.717, 1.165) is 74.6 Å². The molecule has 14 heteroatoms. The molecule has 57 heavy (non-hydrogen) atoms. The van der Waals surface area contributed by atoms with Crippen LogP contribution in [0.1, 0.15) is 115 Å². The topological polar surface area (TPSA) is 182 Å². The Kier molecular flexibility index (Phi) is 17.8. The summed E-state index contributed by atoms with van der Waals surface area (Å²) in [5.41, 5.74) is 9.26. The summed E-state index contributed by atoms with van der Waals surface area (Å²) in [5, 5.41) is 5.18. The molecule has 14 nitrogen and oxygen atoms in total. The van der Waals surface area contributed by atoms with Crippen molar-refractivity contribution >= 4 is 34.8 Å². The molecule has 4 N–H and O–H groups in total. The van der Waals surface area contributed by atoms with Gasteiger partial charge in [0.05, 0.1) is 29.8 Å². The molecule has 0 aliphatic carbocycles. The van der Waals surface area contributed by atoms with Gasteiger partial charge in [-0.15, -0.1) is 0 Å². The van der Waals surface area contributed by atoms with Gasteiger partial charge < -0.3 is 30.0 Å². The van der Waals surface area contributed by atoms with Crippen LogP contribution in [0.5, 0.6) is 0 Å². The largest absolute Gasteiger partial charge is 0.444 e. The van der Waals surface area contributed by atoms with Crippen molar-refractivity contribution in [3.63, 3.8) is 0 Å². The predicted octanol–water partition coefficient (Wildman–Crippen LogP) is 5.54. The van der Waals surface area contributed by atoms with E-state index < -0.39 is 35.6 Å². The van der Waals surface area contributed by atoms with Crippen molar-refractivity contribution in [2.45, 2.75) is 135 Å². The first-order chi connectivity index (χ1) is 27.2. The number of aromatic nitrogens is 2. The van der Waals surface area contributed by atoms with E-state index >= 15 is 0 Å². The van der Waals surface area contributed by atoms with Crippen molar-refractivity contribution in [1.82, 2.24) is 19.8 Å². The summed E-state index contributed by atoms with van der Waals surface area (Å²) in [5.74, 6) is -1.17. The first kappa shape index (κ1) is 45.2. The van der Waals surface area contributed by atoms with E-state index in [-0.39, 0.29) is 30.5 Å². The number of amides is 4. The third kappa shape index (κ3) is 14.7. The maximum Gasteiger partial charge on any atom is 0.407 e.